The highest BCUT2D eigenvalue weighted by molar-refractivity contribution is 6.04. The molecular formula is C16H9FO4. The lowest BCUT2D eigenvalue weighted by molar-refractivity contribution is 0.350. The Morgan fingerprint density at radius 2 is 1.95 bits per heavy atom. The fraction of sp³-hybridized carbons (Fsp3) is 0.0625. The van der Waals surface area contributed by atoms with E-state index in [1.165, 1.54) is 24.3 Å². The van der Waals surface area contributed by atoms with Crippen LogP contribution < -0.4 is 5.63 Å². The van der Waals surface area contributed by atoms with Crippen LogP contribution in [0.3, 0.4) is 0 Å². The van der Waals surface area contributed by atoms with Gasteiger partial charge in [-0.15, -0.1) is 0 Å². The normalized spacial score (nSPS) is 10.6. The van der Waals surface area contributed by atoms with Crippen LogP contribution in [-0.2, 0) is 0 Å². The summed E-state index contributed by atoms with van der Waals surface area (Å²) >= 11 is 0. The zero-order valence-corrected chi connectivity index (χ0v) is 10.7. The molecule has 0 atom stereocenters. The molecule has 0 unspecified atom stereocenters. The Balaban J connectivity index is 2.43. The summed E-state index contributed by atoms with van der Waals surface area (Å²) in [5.74, 6) is 4.14. The Labute approximate surface area is 118 Å². The van der Waals surface area contributed by atoms with Crippen molar-refractivity contribution in [3.8, 4) is 17.6 Å². The third-order valence-corrected chi connectivity index (χ3v) is 3.09. The van der Waals surface area contributed by atoms with Crippen molar-refractivity contribution >= 4 is 21.7 Å². The van der Waals surface area contributed by atoms with Crippen LogP contribution >= 0.6 is 0 Å². The summed E-state index contributed by atoms with van der Waals surface area (Å²) in [7, 11) is 0. The van der Waals surface area contributed by atoms with E-state index in [0.717, 1.165) is 0 Å². The molecule has 1 heterocycles. The summed E-state index contributed by atoms with van der Waals surface area (Å²) in [6.07, 6.45) is 0. The molecule has 2 N–H and O–H groups in total. The van der Waals surface area contributed by atoms with E-state index < -0.39 is 18.0 Å². The average Bonchev–Trinajstić information content (AvgIpc) is 2.45. The Bertz CT molecular complexity index is 977. The maximum atomic E-state index is 14.0. The lowest BCUT2D eigenvalue weighted by Gasteiger charge is -2.04. The van der Waals surface area contributed by atoms with Gasteiger partial charge in [-0.3, -0.25) is 0 Å². The summed E-state index contributed by atoms with van der Waals surface area (Å²) in [5, 5.41) is 19.2. The van der Waals surface area contributed by atoms with Crippen molar-refractivity contribution in [2.45, 2.75) is 0 Å². The number of halogens is 1. The van der Waals surface area contributed by atoms with E-state index in [-0.39, 0.29) is 22.3 Å². The van der Waals surface area contributed by atoms with E-state index >= 15 is 0 Å². The number of fused-ring (bicyclic) bond motifs is 3. The average molecular weight is 284 g/mol. The Morgan fingerprint density at radius 1 is 1.14 bits per heavy atom. The lowest BCUT2D eigenvalue weighted by Crippen LogP contribution is -2.01. The molecule has 1 aromatic heterocycles. The van der Waals surface area contributed by atoms with Gasteiger partial charge < -0.3 is 14.6 Å². The molecular weight excluding hydrogens is 275 g/mol. The Hall–Kier alpha value is -2.84. The minimum atomic E-state index is -0.643. The van der Waals surface area contributed by atoms with Gasteiger partial charge in [-0.1, -0.05) is 11.8 Å². The van der Waals surface area contributed by atoms with Crippen LogP contribution in [0.25, 0.3) is 21.7 Å². The maximum absolute atomic E-state index is 14.0. The summed E-state index contributed by atoms with van der Waals surface area (Å²) < 4.78 is 19.1. The van der Waals surface area contributed by atoms with Gasteiger partial charge in [-0.05, 0) is 24.3 Å². The highest BCUT2D eigenvalue weighted by atomic mass is 19.1. The van der Waals surface area contributed by atoms with Gasteiger partial charge in [0.2, 0.25) is 0 Å². The van der Waals surface area contributed by atoms with E-state index in [1.807, 2.05) is 0 Å². The fourth-order valence-electron chi connectivity index (χ4n) is 2.17. The van der Waals surface area contributed by atoms with Crippen LogP contribution in [0.4, 0.5) is 4.39 Å². The standard InChI is InChI=1S/C16H9FO4/c17-14-8-12-11-4-3-10(19)7-15(11)21-16(20)13(12)6-9(14)2-1-5-18/h3-4,6-8,18-19H,5H2. The van der Waals surface area contributed by atoms with Gasteiger partial charge in [-0.25, -0.2) is 9.18 Å². The molecule has 2 aromatic carbocycles. The summed E-state index contributed by atoms with van der Waals surface area (Å²) in [5.41, 5.74) is -0.446. The van der Waals surface area contributed by atoms with Crippen molar-refractivity contribution in [3.05, 3.63) is 52.1 Å². The van der Waals surface area contributed by atoms with Crippen LogP contribution in [0.2, 0.25) is 0 Å². The molecule has 0 radical (unpaired) electrons. The van der Waals surface area contributed by atoms with E-state index in [2.05, 4.69) is 11.8 Å². The first-order valence-corrected chi connectivity index (χ1v) is 6.09. The molecule has 0 fully saturated rings. The van der Waals surface area contributed by atoms with Crippen molar-refractivity contribution < 1.29 is 19.0 Å². The number of aromatic hydroxyl groups is 1. The van der Waals surface area contributed by atoms with Crippen molar-refractivity contribution in [3.63, 3.8) is 0 Å². The second-order valence-corrected chi connectivity index (χ2v) is 4.41. The summed E-state index contributed by atoms with van der Waals surface area (Å²) in [6, 6.07) is 6.78. The predicted octanol–water partition coefficient (Wildman–Crippen LogP) is 2.13. The molecule has 0 aliphatic heterocycles. The second-order valence-electron chi connectivity index (χ2n) is 4.41. The van der Waals surface area contributed by atoms with Gasteiger partial charge in [0.15, 0.2) is 0 Å². The van der Waals surface area contributed by atoms with Crippen molar-refractivity contribution in [1.82, 2.24) is 0 Å². The molecule has 0 saturated heterocycles. The smallest absolute Gasteiger partial charge is 0.344 e. The summed E-state index contributed by atoms with van der Waals surface area (Å²) in [6.45, 7) is -0.400. The molecule has 0 bridgehead atoms. The fourth-order valence-corrected chi connectivity index (χ4v) is 2.17. The van der Waals surface area contributed by atoms with E-state index in [0.29, 0.717) is 10.8 Å². The second kappa shape index (κ2) is 4.93. The molecule has 104 valence electrons. The van der Waals surface area contributed by atoms with Crippen molar-refractivity contribution in [1.29, 1.82) is 0 Å². The quantitative estimate of drug-likeness (QED) is 0.377. The van der Waals surface area contributed by atoms with E-state index in [4.69, 9.17) is 9.52 Å². The van der Waals surface area contributed by atoms with Crippen LogP contribution in [0.15, 0.2) is 39.5 Å². The van der Waals surface area contributed by atoms with E-state index in [9.17, 15) is 14.3 Å². The third kappa shape index (κ3) is 2.22. The molecule has 0 saturated carbocycles. The first-order valence-electron chi connectivity index (χ1n) is 6.09. The highest BCUT2D eigenvalue weighted by Gasteiger charge is 2.11. The molecule has 21 heavy (non-hydrogen) atoms. The van der Waals surface area contributed by atoms with E-state index in [1.54, 1.807) is 6.07 Å². The van der Waals surface area contributed by atoms with Gasteiger partial charge in [0.1, 0.15) is 23.8 Å². The molecule has 0 aliphatic carbocycles. The molecule has 0 spiro atoms. The first-order chi connectivity index (χ1) is 10.1. The van der Waals surface area contributed by atoms with Gasteiger partial charge in [0, 0.05) is 16.8 Å². The van der Waals surface area contributed by atoms with Crippen molar-refractivity contribution in [2.24, 2.45) is 0 Å². The molecule has 3 aromatic rings. The first kappa shape index (κ1) is 13.2. The number of aliphatic hydroxyl groups is 1. The van der Waals surface area contributed by atoms with Gasteiger partial charge in [0.05, 0.1) is 10.9 Å². The topological polar surface area (TPSA) is 70.7 Å². The van der Waals surface area contributed by atoms with Gasteiger partial charge in [0.25, 0.3) is 0 Å². The molecule has 3 rings (SSSR count). The van der Waals surface area contributed by atoms with Crippen molar-refractivity contribution in [2.75, 3.05) is 6.61 Å². The Kier molecular flexibility index (Phi) is 3.09. The number of aliphatic hydroxyl groups excluding tert-OH is 1. The Morgan fingerprint density at radius 3 is 2.71 bits per heavy atom. The number of phenols is 1. The van der Waals surface area contributed by atoms with Crippen LogP contribution in [0, 0.1) is 17.7 Å². The van der Waals surface area contributed by atoms with Crippen LogP contribution in [0.5, 0.6) is 5.75 Å². The molecule has 5 heteroatoms. The SMILES string of the molecule is O=c1oc2cc(O)ccc2c2cc(F)c(C#CCO)cc12. The number of hydrogen-bond acceptors (Lipinski definition) is 4. The highest BCUT2D eigenvalue weighted by Crippen LogP contribution is 2.27. The third-order valence-electron chi connectivity index (χ3n) is 3.09. The predicted molar refractivity (Wildman–Crippen MR) is 75.6 cm³/mol. The zero-order valence-electron chi connectivity index (χ0n) is 10.7. The number of benzene rings is 2. The van der Waals surface area contributed by atoms with Gasteiger partial charge >= 0.3 is 5.63 Å². The summed E-state index contributed by atoms with van der Waals surface area (Å²) in [4.78, 5) is 12.0. The maximum Gasteiger partial charge on any atom is 0.344 e. The van der Waals surface area contributed by atoms with Crippen LogP contribution in [-0.4, -0.2) is 16.8 Å². The molecule has 0 aliphatic rings. The zero-order chi connectivity index (χ0) is 15.0. The molecule has 4 nitrogen and oxygen atoms in total. The minimum Gasteiger partial charge on any atom is -0.508 e. The minimum absolute atomic E-state index is 0.0157. The van der Waals surface area contributed by atoms with Crippen LogP contribution in [0.1, 0.15) is 5.56 Å². The number of phenolic OH excluding ortho intramolecular Hbond substituents is 1. The lowest BCUT2D eigenvalue weighted by atomic mass is 10.0. The largest absolute Gasteiger partial charge is 0.508 e. The number of hydrogen-bond donors (Lipinski definition) is 2. The number of rotatable bonds is 0. The molecule has 0 amide bonds. The van der Waals surface area contributed by atoms with Gasteiger partial charge in [-0.2, -0.15) is 0 Å². The monoisotopic (exact) mass is 284 g/mol.